The Morgan fingerprint density at radius 3 is 2.59 bits per heavy atom. The summed E-state index contributed by atoms with van der Waals surface area (Å²) in [6.07, 6.45) is 0.590. The van der Waals surface area contributed by atoms with Gasteiger partial charge in [0.15, 0.2) is 0 Å². The second kappa shape index (κ2) is 4.15. The number of alkyl halides is 1. The summed E-state index contributed by atoms with van der Waals surface area (Å²) in [6, 6.07) is 14.4. The number of hydrogen-bond donors (Lipinski definition) is 0. The van der Waals surface area contributed by atoms with Gasteiger partial charge in [0.25, 0.3) is 0 Å². The summed E-state index contributed by atoms with van der Waals surface area (Å²) >= 11 is 3.50. The standard InChI is InChI=1S/C14H12BrNO/c15-12-8-14(17)16(9-12)13-6-5-10-3-1-2-4-11(10)7-13/h1-7,12H,8-9H2. The molecule has 0 spiro atoms. The lowest BCUT2D eigenvalue weighted by Gasteiger charge is -2.16. The zero-order chi connectivity index (χ0) is 11.8. The van der Waals surface area contributed by atoms with Crippen LogP contribution < -0.4 is 4.90 Å². The summed E-state index contributed by atoms with van der Waals surface area (Å²) in [5, 5.41) is 2.38. The zero-order valence-corrected chi connectivity index (χ0v) is 10.9. The number of halogens is 1. The number of carbonyl (C=O) groups excluding carboxylic acids is 1. The molecular formula is C14H12BrNO. The minimum atomic E-state index is 0.196. The zero-order valence-electron chi connectivity index (χ0n) is 9.27. The van der Waals surface area contributed by atoms with E-state index in [1.54, 1.807) is 0 Å². The second-order valence-corrected chi connectivity index (χ2v) is 5.63. The molecule has 2 nitrogen and oxygen atoms in total. The first-order chi connectivity index (χ1) is 8.24. The minimum absolute atomic E-state index is 0.196. The van der Waals surface area contributed by atoms with Crippen molar-refractivity contribution in [3.05, 3.63) is 42.5 Å². The van der Waals surface area contributed by atoms with Crippen molar-refractivity contribution < 1.29 is 4.79 Å². The lowest BCUT2D eigenvalue weighted by atomic mass is 10.1. The van der Waals surface area contributed by atoms with E-state index in [4.69, 9.17) is 0 Å². The van der Waals surface area contributed by atoms with Gasteiger partial charge in [-0.05, 0) is 22.9 Å². The van der Waals surface area contributed by atoms with Gasteiger partial charge in [-0.3, -0.25) is 4.79 Å². The van der Waals surface area contributed by atoms with E-state index < -0.39 is 0 Å². The Bertz CT molecular complexity index is 581. The van der Waals surface area contributed by atoms with Gasteiger partial charge in [-0.25, -0.2) is 0 Å². The van der Waals surface area contributed by atoms with E-state index in [2.05, 4.69) is 40.2 Å². The van der Waals surface area contributed by atoms with Crippen LogP contribution >= 0.6 is 15.9 Å². The highest BCUT2D eigenvalue weighted by atomic mass is 79.9. The van der Waals surface area contributed by atoms with Gasteiger partial charge < -0.3 is 4.90 Å². The molecule has 0 aliphatic carbocycles. The molecule has 3 heteroatoms. The Balaban J connectivity index is 2.03. The first-order valence-corrected chi connectivity index (χ1v) is 6.59. The van der Waals surface area contributed by atoms with Crippen molar-refractivity contribution >= 4 is 38.3 Å². The number of anilines is 1. The molecule has 17 heavy (non-hydrogen) atoms. The van der Waals surface area contributed by atoms with Gasteiger partial charge in [-0.15, -0.1) is 0 Å². The Morgan fingerprint density at radius 2 is 1.88 bits per heavy atom. The lowest BCUT2D eigenvalue weighted by molar-refractivity contribution is -0.117. The highest BCUT2D eigenvalue weighted by Gasteiger charge is 2.28. The van der Waals surface area contributed by atoms with Gasteiger partial charge in [-0.1, -0.05) is 46.3 Å². The summed E-state index contributed by atoms with van der Waals surface area (Å²) in [7, 11) is 0. The maximum absolute atomic E-state index is 11.8. The molecule has 1 amide bonds. The van der Waals surface area contributed by atoms with E-state index in [0.717, 1.165) is 12.2 Å². The molecule has 1 heterocycles. The fraction of sp³-hybridized carbons (Fsp3) is 0.214. The van der Waals surface area contributed by atoms with Crippen LogP contribution in [-0.4, -0.2) is 17.3 Å². The largest absolute Gasteiger partial charge is 0.311 e. The van der Waals surface area contributed by atoms with Crippen LogP contribution in [0.2, 0.25) is 0 Å². The van der Waals surface area contributed by atoms with Crippen LogP contribution in [0, 0.1) is 0 Å². The summed E-state index contributed by atoms with van der Waals surface area (Å²) in [5.41, 5.74) is 0.996. The predicted octanol–water partition coefficient (Wildman–Crippen LogP) is 3.34. The van der Waals surface area contributed by atoms with Gasteiger partial charge in [0, 0.05) is 23.5 Å². The van der Waals surface area contributed by atoms with E-state index in [1.165, 1.54) is 10.8 Å². The van der Waals surface area contributed by atoms with Crippen LogP contribution in [0.15, 0.2) is 42.5 Å². The molecule has 0 saturated carbocycles. The predicted molar refractivity (Wildman–Crippen MR) is 73.6 cm³/mol. The second-order valence-electron chi connectivity index (χ2n) is 4.34. The Kier molecular flexibility index (Phi) is 2.63. The number of fused-ring (bicyclic) bond motifs is 1. The third-order valence-electron chi connectivity index (χ3n) is 3.12. The van der Waals surface area contributed by atoms with E-state index in [0.29, 0.717) is 6.42 Å². The van der Waals surface area contributed by atoms with Gasteiger partial charge in [-0.2, -0.15) is 0 Å². The van der Waals surface area contributed by atoms with Crippen molar-refractivity contribution in [1.29, 1.82) is 0 Å². The van der Waals surface area contributed by atoms with Gasteiger partial charge in [0.1, 0.15) is 0 Å². The van der Waals surface area contributed by atoms with Crippen LogP contribution in [0.25, 0.3) is 10.8 Å². The molecule has 1 saturated heterocycles. The fourth-order valence-electron chi connectivity index (χ4n) is 2.26. The normalized spacial score (nSPS) is 20.2. The first kappa shape index (κ1) is 10.8. The van der Waals surface area contributed by atoms with Crippen molar-refractivity contribution in [1.82, 2.24) is 0 Å². The van der Waals surface area contributed by atoms with Crippen molar-refractivity contribution in [3.8, 4) is 0 Å². The number of rotatable bonds is 1. The van der Waals surface area contributed by atoms with Crippen LogP contribution in [0.1, 0.15) is 6.42 Å². The topological polar surface area (TPSA) is 20.3 Å². The molecule has 86 valence electrons. The molecule has 3 rings (SSSR count). The van der Waals surface area contributed by atoms with Crippen molar-refractivity contribution in [2.75, 3.05) is 11.4 Å². The number of carbonyl (C=O) groups is 1. The third kappa shape index (κ3) is 1.95. The van der Waals surface area contributed by atoms with Crippen LogP contribution in [0.5, 0.6) is 0 Å². The van der Waals surface area contributed by atoms with Crippen LogP contribution in [0.4, 0.5) is 5.69 Å². The summed E-state index contributed by atoms with van der Waals surface area (Å²) < 4.78 is 0. The minimum Gasteiger partial charge on any atom is -0.311 e. The van der Waals surface area contributed by atoms with E-state index >= 15 is 0 Å². The molecular weight excluding hydrogens is 278 g/mol. The lowest BCUT2D eigenvalue weighted by Crippen LogP contribution is -2.24. The monoisotopic (exact) mass is 289 g/mol. The number of nitrogens with zero attached hydrogens (tertiary/aromatic N) is 1. The van der Waals surface area contributed by atoms with Gasteiger partial charge >= 0.3 is 0 Å². The molecule has 2 aromatic rings. The molecule has 1 unspecified atom stereocenters. The molecule has 2 aromatic carbocycles. The van der Waals surface area contributed by atoms with Crippen molar-refractivity contribution in [2.24, 2.45) is 0 Å². The smallest absolute Gasteiger partial charge is 0.228 e. The van der Waals surface area contributed by atoms with Gasteiger partial charge in [0.2, 0.25) is 5.91 Å². The third-order valence-corrected chi connectivity index (χ3v) is 3.74. The molecule has 1 fully saturated rings. The van der Waals surface area contributed by atoms with Crippen LogP contribution in [-0.2, 0) is 4.79 Å². The molecule has 0 radical (unpaired) electrons. The summed E-state index contributed by atoms with van der Waals surface area (Å²) in [6.45, 7) is 0.761. The van der Waals surface area contributed by atoms with E-state index in [1.807, 2.05) is 23.1 Å². The van der Waals surface area contributed by atoms with Crippen LogP contribution in [0.3, 0.4) is 0 Å². The number of hydrogen-bond acceptors (Lipinski definition) is 1. The molecule has 1 atom stereocenters. The first-order valence-electron chi connectivity index (χ1n) is 5.67. The summed E-state index contributed by atoms with van der Waals surface area (Å²) in [5.74, 6) is 0.196. The Morgan fingerprint density at radius 1 is 1.12 bits per heavy atom. The average molecular weight is 290 g/mol. The maximum atomic E-state index is 11.8. The van der Waals surface area contributed by atoms with Gasteiger partial charge in [0.05, 0.1) is 0 Å². The van der Waals surface area contributed by atoms with E-state index in [-0.39, 0.29) is 10.7 Å². The van der Waals surface area contributed by atoms with Crippen molar-refractivity contribution in [2.45, 2.75) is 11.2 Å². The molecule has 0 bridgehead atoms. The maximum Gasteiger partial charge on any atom is 0.228 e. The molecule has 0 N–H and O–H groups in total. The quantitative estimate of drug-likeness (QED) is 0.738. The summed E-state index contributed by atoms with van der Waals surface area (Å²) in [4.78, 5) is 13.9. The molecule has 1 aliphatic rings. The highest BCUT2D eigenvalue weighted by Crippen LogP contribution is 2.27. The highest BCUT2D eigenvalue weighted by molar-refractivity contribution is 9.09. The van der Waals surface area contributed by atoms with Crippen molar-refractivity contribution in [3.63, 3.8) is 0 Å². The fourth-order valence-corrected chi connectivity index (χ4v) is 2.82. The SMILES string of the molecule is O=C1CC(Br)CN1c1ccc2ccccc2c1. The Hall–Kier alpha value is -1.35. The Labute approximate surface area is 108 Å². The average Bonchev–Trinajstić information content (AvgIpc) is 2.68. The number of amides is 1. The molecule has 1 aliphatic heterocycles. The van der Waals surface area contributed by atoms with E-state index in [9.17, 15) is 4.79 Å². The molecule has 0 aromatic heterocycles. The number of benzene rings is 2.